The molecule has 1 rings (SSSR count). The average molecular weight is 282 g/mol. The maximum absolute atomic E-state index is 11.6. The van der Waals surface area contributed by atoms with Crippen molar-refractivity contribution in [1.82, 2.24) is 15.1 Å². The highest BCUT2D eigenvalue weighted by molar-refractivity contribution is 6.00. The molecule has 8 heteroatoms. The standard InChI is InChI=1S/C12H18N4O4/c1-7(5-11(18)19)4-10(17)14-12(20)13-9-6-8(2)15-16(9)3/h6-7H,4-5H2,1-3H3,(H,18,19)(H2,13,14,17,20). The second kappa shape index (κ2) is 6.69. The number of carbonyl (C=O) groups excluding carboxylic acids is 2. The normalized spacial score (nSPS) is 11.8. The van der Waals surface area contributed by atoms with E-state index in [0.29, 0.717) is 5.82 Å². The van der Waals surface area contributed by atoms with Gasteiger partial charge in [0.15, 0.2) is 0 Å². The summed E-state index contributed by atoms with van der Waals surface area (Å²) in [5.41, 5.74) is 0.740. The number of imide groups is 1. The van der Waals surface area contributed by atoms with Gasteiger partial charge in [-0.2, -0.15) is 5.10 Å². The molecular formula is C12H18N4O4. The van der Waals surface area contributed by atoms with E-state index >= 15 is 0 Å². The number of aliphatic carboxylic acids is 1. The van der Waals surface area contributed by atoms with Gasteiger partial charge in [0.05, 0.1) is 5.69 Å². The van der Waals surface area contributed by atoms with Crippen LogP contribution >= 0.6 is 0 Å². The lowest BCUT2D eigenvalue weighted by molar-refractivity contribution is -0.138. The molecule has 3 N–H and O–H groups in total. The van der Waals surface area contributed by atoms with Crippen LogP contribution in [-0.2, 0) is 16.6 Å². The summed E-state index contributed by atoms with van der Waals surface area (Å²) >= 11 is 0. The van der Waals surface area contributed by atoms with Gasteiger partial charge in [-0.3, -0.25) is 24.9 Å². The lowest BCUT2D eigenvalue weighted by Gasteiger charge is -2.09. The molecule has 0 saturated heterocycles. The highest BCUT2D eigenvalue weighted by Crippen LogP contribution is 2.09. The van der Waals surface area contributed by atoms with E-state index in [2.05, 4.69) is 15.7 Å². The van der Waals surface area contributed by atoms with E-state index < -0.39 is 17.9 Å². The van der Waals surface area contributed by atoms with Gasteiger partial charge >= 0.3 is 12.0 Å². The van der Waals surface area contributed by atoms with Crippen molar-refractivity contribution in [2.45, 2.75) is 26.7 Å². The Labute approximate surface area is 116 Å². The van der Waals surface area contributed by atoms with Gasteiger partial charge < -0.3 is 5.11 Å². The van der Waals surface area contributed by atoms with Gasteiger partial charge in [-0.1, -0.05) is 6.92 Å². The minimum Gasteiger partial charge on any atom is -0.481 e. The third-order valence-electron chi connectivity index (χ3n) is 2.55. The predicted molar refractivity (Wildman–Crippen MR) is 71.1 cm³/mol. The number of aromatic nitrogens is 2. The van der Waals surface area contributed by atoms with Gasteiger partial charge in [0.25, 0.3) is 0 Å². The number of carboxylic acids is 1. The monoisotopic (exact) mass is 282 g/mol. The first-order chi connectivity index (χ1) is 9.27. The first kappa shape index (κ1) is 15.7. The second-order valence-corrected chi connectivity index (χ2v) is 4.70. The van der Waals surface area contributed by atoms with Crippen LogP contribution in [0.25, 0.3) is 0 Å². The molecule has 1 aromatic rings. The fraction of sp³-hybridized carbons (Fsp3) is 0.500. The topological polar surface area (TPSA) is 113 Å². The Balaban J connectivity index is 2.44. The van der Waals surface area contributed by atoms with Crippen LogP contribution < -0.4 is 10.6 Å². The third kappa shape index (κ3) is 5.09. The van der Waals surface area contributed by atoms with E-state index in [9.17, 15) is 14.4 Å². The van der Waals surface area contributed by atoms with Crippen LogP contribution in [-0.4, -0.2) is 32.8 Å². The molecule has 20 heavy (non-hydrogen) atoms. The molecule has 1 heterocycles. The van der Waals surface area contributed by atoms with Gasteiger partial charge in [0, 0.05) is 26.0 Å². The van der Waals surface area contributed by atoms with Crippen LogP contribution in [0.1, 0.15) is 25.5 Å². The Hall–Kier alpha value is -2.38. The molecule has 1 unspecified atom stereocenters. The molecule has 0 spiro atoms. The van der Waals surface area contributed by atoms with Crippen molar-refractivity contribution in [3.8, 4) is 0 Å². The number of carboxylic acid groups (broad SMARTS) is 1. The SMILES string of the molecule is Cc1cc(NC(=O)NC(=O)CC(C)CC(=O)O)n(C)n1. The van der Waals surface area contributed by atoms with E-state index in [1.807, 2.05) is 0 Å². The lowest BCUT2D eigenvalue weighted by atomic mass is 10.0. The number of urea groups is 1. The maximum Gasteiger partial charge on any atom is 0.327 e. The van der Waals surface area contributed by atoms with Crippen molar-refractivity contribution in [2.75, 3.05) is 5.32 Å². The van der Waals surface area contributed by atoms with Crippen molar-refractivity contribution in [3.05, 3.63) is 11.8 Å². The number of nitrogens with zero attached hydrogens (tertiary/aromatic N) is 2. The van der Waals surface area contributed by atoms with Crippen molar-refractivity contribution < 1.29 is 19.5 Å². The highest BCUT2D eigenvalue weighted by atomic mass is 16.4. The van der Waals surface area contributed by atoms with Crippen molar-refractivity contribution >= 4 is 23.7 Å². The Bertz CT molecular complexity index is 524. The number of aryl methyl sites for hydroxylation is 2. The zero-order chi connectivity index (χ0) is 15.3. The van der Waals surface area contributed by atoms with Crippen molar-refractivity contribution in [3.63, 3.8) is 0 Å². The number of hydrogen-bond donors (Lipinski definition) is 3. The number of nitrogens with one attached hydrogen (secondary N) is 2. The Morgan fingerprint density at radius 1 is 1.40 bits per heavy atom. The van der Waals surface area contributed by atoms with Gasteiger partial charge in [-0.15, -0.1) is 0 Å². The third-order valence-corrected chi connectivity index (χ3v) is 2.55. The highest BCUT2D eigenvalue weighted by Gasteiger charge is 2.15. The fourth-order valence-electron chi connectivity index (χ4n) is 1.74. The summed E-state index contributed by atoms with van der Waals surface area (Å²) in [4.78, 5) is 33.6. The number of amides is 3. The maximum atomic E-state index is 11.6. The molecule has 0 aromatic carbocycles. The predicted octanol–water partition coefficient (Wildman–Crippen LogP) is 0.878. The van der Waals surface area contributed by atoms with Crippen LogP contribution in [0.5, 0.6) is 0 Å². The van der Waals surface area contributed by atoms with Crippen LogP contribution in [0.3, 0.4) is 0 Å². The van der Waals surface area contributed by atoms with Crippen molar-refractivity contribution in [2.24, 2.45) is 13.0 Å². The summed E-state index contributed by atoms with van der Waals surface area (Å²) < 4.78 is 1.48. The molecular weight excluding hydrogens is 264 g/mol. The van der Waals surface area contributed by atoms with Crippen LogP contribution in [0.4, 0.5) is 10.6 Å². The molecule has 0 radical (unpaired) electrons. The largest absolute Gasteiger partial charge is 0.481 e. The fourth-order valence-corrected chi connectivity index (χ4v) is 1.74. The molecule has 0 aliphatic carbocycles. The molecule has 1 atom stereocenters. The van der Waals surface area contributed by atoms with Crippen molar-refractivity contribution in [1.29, 1.82) is 0 Å². The van der Waals surface area contributed by atoms with Gasteiger partial charge in [0.2, 0.25) is 5.91 Å². The minimum absolute atomic E-state index is 0.0237. The molecule has 3 amide bonds. The van der Waals surface area contributed by atoms with E-state index in [4.69, 9.17) is 5.11 Å². The number of carbonyl (C=O) groups is 3. The molecule has 0 aliphatic heterocycles. The molecule has 110 valence electrons. The molecule has 0 bridgehead atoms. The average Bonchev–Trinajstić information content (AvgIpc) is 2.54. The van der Waals surface area contributed by atoms with E-state index in [-0.39, 0.29) is 18.8 Å². The second-order valence-electron chi connectivity index (χ2n) is 4.70. The first-order valence-corrected chi connectivity index (χ1v) is 6.11. The molecule has 0 fully saturated rings. The first-order valence-electron chi connectivity index (χ1n) is 6.11. The summed E-state index contributed by atoms with van der Waals surface area (Å²) in [6, 6.07) is 0.998. The van der Waals surface area contributed by atoms with Gasteiger partial charge in [-0.05, 0) is 12.8 Å². The van der Waals surface area contributed by atoms with Crippen LogP contribution in [0.2, 0.25) is 0 Å². The smallest absolute Gasteiger partial charge is 0.327 e. The Kier molecular flexibility index (Phi) is 5.24. The summed E-state index contributed by atoms with van der Waals surface area (Å²) in [6.45, 7) is 3.41. The van der Waals surface area contributed by atoms with E-state index in [0.717, 1.165) is 5.69 Å². The zero-order valence-corrected chi connectivity index (χ0v) is 11.6. The Morgan fingerprint density at radius 2 is 2.05 bits per heavy atom. The lowest BCUT2D eigenvalue weighted by Crippen LogP contribution is -2.35. The summed E-state index contributed by atoms with van der Waals surface area (Å²) in [6.07, 6.45) is -0.139. The quantitative estimate of drug-likeness (QED) is 0.741. The summed E-state index contributed by atoms with van der Waals surface area (Å²) in [5.74, 6) is -1.36. The van der Waals surface area contributed by atoms with Crippen LogP contribution in [0, 0.1) is 12.8 Å². The molecule has 0 aliphatic rings. The zero-order valence-electron chi connectivity index (χ0n) is 11.6. The molecule has 8 nitrogen and oxygen atoms in total. The van der Waals surface area contributed by atoms with E-state index in [1.54, 1.807) is 27.0 Å². The number of hydrogen-bond acceptors (Lipinski definition) is 4. The summed E-state index contributed by atoms with van der Waals surface area (Å²) in [7, 11) is 1.67. The molecule has 0 saturated carbocycles. The Morgan fingerprint density at radius 3 is 2.55 bits per heavy atom. The van der Waals surface area contributed by atoms with Gasteiger partial charge in [-0.25, -0.2) is 4.79 Å². The number of rotatable bonds is 5. The molecule has 1 aromatic heterocycles. The minimum atomic E-state index is -0.972. The van der Waals surface area contributed by atoms with Gasteiger partial charge in [0.1, 0.15) is 5.82 Å². The number of anilines is 1. The van der Waals surface area contributed by atoms with Crippen LogP contribution in [0.15, 0.2) is 6.07 Å². The van der Waals surface area contributed by atoms with E-state index in [1.165, 1.54) is 4.68 Å². The summed E-state index contributed by atoms with van der Waals surface area (Å²) in [5, 5.41) is 17.3.